The molecule has 0 aliphatic heterocycles. The average molecular weight is 409 g/mol. The number of anilines is 3. The second-order valence-electron chi connectivity index (χ2n) is 7.51. The van der Waals surface area contributed by atoms with E-state index >= 15 is 0 Å². The molecule has 9 nitrogen and oxygen atoms in total. The van der Waals surface area contributed by atoms with Crippen LogP contribution in [-0.4, -0.2) is 64.4 Å². The van der Waals surface area contributed by atoms with Crippen LogP contribution in [-0.2, 0) is 0 Å². The van der Waals surface area contributed by atoms with E-state index < -0.39 is 5.60 Å². The van der Waals surface area contributed by atoms with Crippen molar-refractivity contribution in [2.24, 2.45) is 0 Å². The first-order chi connectivity index (χ1) is 14.1. The molecule has 158 valence electrons. The molecule has 1 atom stereocenters. The number of ether oxygens (including phenoxy) is 1. The highest BCUT2D eigenvalue weighted by atomic mass is 16.5. The Morgan fingerprint density at radius 1 is 1.27 bits per heavy atom. The number of nitrogens with zero attached hydrogens (tertiary/aromatic N) is 5. The van der Waals surface area contributed by atoms with Crippen LogP contribution in [0.2, 0.25) is 0 Å². The highest BCUT2D eigenvalue weighted by molar-refractivity contribution is 5.65. The van der Waals surface area contributed by atoms with Crippen LogP contribution in [0.25, 0.3) is 0 Å². The molecule has 30 heavy (non-hydrogen) atoms. The van der Waals surface area contributed by atoms with Crippen LogP contribution in [0.4, 0.5) is 17.3 Å². The number of hydrogen-bond donors (Lipinski definition) is 3. The van der Waals surface area contributed by atoms with Crippen molar-refractivity contribution in [2.45, 2.75) is 32.5 Å². The first kappa shape index (κ1) is 22.9. The lowest BCUT2D eigenvalue weighted by Crippen LogP contribution is -2.28. The van der Waals surface area contributed by atoms with Gasteiger partial charge in [0.2, 0.25) is 5.69 Å². The fourth-order valence-corrected chi connectivity index (χ4v) is 2.51. The molecule has 0 aliphatic carbocycles. The number of nitriles is 1. The molecule has 0 saturated carbocycles. The van der Waals surface area contributed by atoms with Gasteiger partial charge in [-0.15, -0.1) is 0 Å². The summed E-state index contributed by atoms with van der Waals surface area (Å²) < 4.78 is 5.80. The quantitative estimate of drug-likeness (QED) is 0.590. The highest BCUT2D eigenvalue weighted by Crippen LogP contribution is 2.22. The molecule has 0 amide bonds. The second kappa shape index (κ2) is 9.88. The molecule has 0 fully saturated rings. The number of aliphatic hydroxyl groups is 1. The van der Waals surface area contributed by atoms with Crippen molar-refractivity contribution in [1.29, 1.82) is 5.26 Å². The molecule has 2 aromatic heterocycles. The fraction of sp³-hybridized carbons (Fsp3) is 0.429. The molecule has 9 heteroatoms. The topological polar surface area (TPSA) is 119 Å². The second-order valence-corrected chi connectivity index (χ2v) is 7.51. The number of aromatic nitrogens is 3. The Bertz CT molecular complexity index is 982. The van der Waals surface area contributed by atoms with Crippen molar-refractivity contribution >= 4 is 17.3 Å². The molecule has 3 N–H and O–H groups in total. The predicted octanol–water partition coefficient (Wildman–Crippen LogP) is 1.98. The van der Waals surface area contributed by atoms with E-state index in [2.05, 4.69) is 37.4 Å². The minimum Gasteiger partial charge on any atom is -0.471 e. The van der Waals surface area contributed by atoms with Gasteiger partial charge in [-0.25, -0.2) is 9.97 Å². The standard InChI is InChI=1S/C21H27N7O2/c1-14(13-28(5)6)30-20-17(10-22)24-12-19(27-20)26-18-9-16(23-4)15(11-25-18)7-8-21(2,3)29/h9,11-12,14,29H,13H2,1-6H3,(H2,23,25,26,27). The van der Waals surface area contributed by atoms with Gasteiger partial charge in [-0.1, -0.05) is 11.8 Å². The molecule has 0 radical (unpaired) electrons. The first-order valence-corrected chi connectivity index (χ1v) is 9.40. The van der Waals surface area contributed by atoms with Gasteiger partial charge in [0, 0.05) is 25.9 Å². The van der Waals surface area contributed by atoms with Crippen LogP contribution in [0, 0.1) is 23.2 Å². The van der Waals surface area contributed by atoms with E-state index in [1.54, 1.807) is 33.2 Å². The maximum Gasteiger partial charge on any atom is 0.253 e. The van der Waals surface area contributed by atoms with E-state index in [4.69, 9.17) is 4.74 Å². The lowest BCUT2D eigenvalue weighted by atomic mass is 10.1. The summed E-state index contributed by atoms with van der Waals surface area (Å²) in [5.41, 5.74) is 0.409. The van der Waals surface area contributed by atoms with Gasteiger partial charge in [-0.05, 0) is 34.9 Å². The van der Waals surface area contributed by atoms with Gasteiger partial charge in [0.05, 0.1) is 17.4 Å². The van der Waals surface area contributed by atoms with Crippen molar-refractivity contribution in [2.75, 3.05) is 38.3 Å². The fourth-order valence-electron chi connectivity index (χ4n) is 2.51. The Hall–Kier alpha value is -3.40. The molecule has 2 heterocycles. The number of hydrogen-bond acceptors (Lipinski definition) is 9. The van der Waals surface area contributed by atoms with Crippen molar-refractivity contribution in [1.82, 2.24) is 19.9 Å². The summed E-state index contributed by atoms with van der Waals surface area (Å²) in [5, 5.41) is 25.2. The molecule has 2 aromatic rings. The van der Waals surface area contributed by atoms with Gasteiger partial charge < -0.3 is 25.4 Å². The Labute approximate surface area is 177 Å². The Morgan fingerprint density at radius 3 is 2.60 bits per heavy atom. The number of pyridine rings is 1. The molecular formula is C21H27N7O2. The third-order valence-corrected chi connectivity index (χ3v) is 3.71. The monoisotopic (exact) mass is 409 g/mol. The van der Waals surface area contributed by atoms with E-state index in [9.17, 15) is 10.4 Å². The van der Waals surface area contributed by atoms with E-state index in [0.717, 1.165) is 5.69 Å². The third kappa shape index (κ3) is 6.89. The van der Waals surface area contributed by atoms with E-state index in [1.165, 1.54) is 6.20 Å². The predicted molar refractivity (Wildman–Crippen MR) is 116 cm³/mol. The van der Waals surface area contributed by atoms with Crippen LogP contribution in [0.1, 0.15) is 32.0 Å². The van der Waals surface area contributed by atoms with E-state index in [0.29, 0.717) is 23.7 Å². The molecule has 0 bridgehead atoms. The van der Waals surface area contributed by atoms with Crippen LogP contribution < -0.4 is 15.4 Å². The average Bonchev–Trinajstić information content (AvgIpc) is 2.65. The van der Waals surface area contributed by atoms with Gasteiger partial charge in [0.15, 0.2) is 5.82 Å². The van der Waals surface area contributed by atoms with Gasteiger partial charge in [0.25, 0.3) is 5.88 Å². The zero-order valence-electron chi connectivity index (χ0n) is 18.1. The maximum absolute atomic E-state index is 9.79. The van der Waals surface area contributed by atoms with Crippen molar-refractivity contribution in [3.05, 3.63) is 29.7 Å². The van der Waals surface area contributed by atoms with Gasteiger partial charge in [0.1, 0.15) is 23.6 Å². The number of likely N-dealkylation sites (N-methyl/N-ethyl adjacent to an activating group) is 1. The normalized spacial score (nSPS) is 11.8. The summed E-state index contributed by atoms with van der Waals surface area (Å²) in [4.78, 5) is 14.8. The minimum absolute atomic E-state index is 0.118. The molecule has 0 aliphatic rings. The summed E-state index contributed by atoms with van der Waals surface area (Å²) in [6, 6.07) is 3.76. The lowest BCUT2D eigenvalue weighted by Gasteiger charge is -2.18. The van der Waals surface area contributed by atoms with Crippen LogP contribution in [0.5, 0.6) is 5.88 Å². The molecule has 1 unspecified atom stereocenters. The summed E-state index contributed by atoms with van der Waals surface area (Å²) in [6.07, 6.45) is 2.88. The van der Waals surface area contributed by atoms with Crippen LogP contribution >= 0.6 is 0 Å². The largest absolute Gasteiger partial charge is 0.471 e. The van der Waals surface area contributed by atoms with Crippen molar-refractivity contribution < 1.29 is 9.84 Å². The zero-order chi connectivity index (χ0) is 22.3. The molecule has 0 saturated heterocycles. The smallest absolute Gasteiger partial charge is 0.253 e. The summed E-state index contributed by atoms with van der Waals surface area (Å²) in [6.45, 7) is 5.80. The number of rotatable bonds is 7. The van der Waals surface area contributed by atoms with Crippen LogP contribution in [0.3, 0.4) is 0 Å². The van der Waals surface area contributed by atoms with E-state index in [1.807, 2.05) is 32.0 Å². The Balaban J connectivity index is 2.26. The lowest BCUT2D eigenvalue weighted by molar-refractivity contribution is 0.143. The Kier molecular flexibility index (Phi) is 7.54. The number of nitrogens with one attached hydrogen (secondary N) is 2. The summed E-state index contributed by atoms with van der Waals surface area (Å²) >= 11 is 0. The van der Waals surface area contributed by atoms with E-state index in [-0.39, 0.29) is 17.7 Å². The molecule has 0 aromatic carbocycles. The first-order valence-electron chi connectivity index (χ1n) is 9.40. The zero-order valence-corrected chi connectivity index (χ0v) is 18.1. The molecule has 2 rings (SSSR count). The van der Waals surface area contributed by atoms with Crippen molar-refractivity contribution in [3.63, 3.8) is 0 Å². The highest BCUT2D eigenvalue weighted by Gasteiger charge is 2.14. The van der Waals surface area contributed by atoms with Crippen molar-refractivity contribution in [3.8, 4) is 23.8 Å². The SMILES string of the molecule is CNc1cc(Nc2cnc(C#N)c(OC(C)CN(C)C)n2)ncc1C#CC(C)(C)O. The summed E-state index contributed by atoms with van der Waals surface area (Å²) in [7, 11) is 5.65. The third-order valence-electron chi connectivity index (χ3n) is 3.71. The summed E-state index contributed by atoms with van der Waals surface area (Å²) in [5.74, 6) is 6.75. The molecular weight excluding hydrogens is 382 g/mol. The van der Waals surface area contributed by atoms with Crippen LogP contribution in [0.15, 0.2) is 18.5 Å². The maximum atomic E-state index is 9.79. The van der Waals surface area contributed by atoms with Gasteiger partial charge in [-0.2, -0.15) is 10.2 Å². The van der Waals surface area contributed by atoms with Gasteiger partial charge >= 0.3 is 0 Å². The minimum atomic E-state index is -1.10. The Morgan fingerprint density at radius 2 is 2.00 bits per heavy atom. The molecule has 0 spiro atoms. The van der Waals surface area contributed by atoms with Gasteiger partial charge in [-0.3, -0.25) is 0 Å².